The minimum Gasteiger partial charge on any atom is -0.327 e. The summed E-state index contributed by atoms with van der Waals surface area (Å²) in [5.41, 5.74) is 6.43. The topological polar surface area (TPSA) is 26.0 Å². The molecule has 0 aliphatic carbocycles. The van der Waals surface area contributed by atoms with E-state index >= 15 is 0 Å². The van der Waals surface area contributed by atoms with Gasteiger partial charge in [0.05, 0.1) is 0 Å². The first-order valence-corrected chi connectivity index (χ1v) is 5.22. The fourth-order valence-corrected chi connectivity index (χ4v) is 1.52. The standard InChI is InChI=1S/C13H15F2N/c1-2-3-4-5-13(16)8-10-6-11(14)9-12(15)7-10/h6-7,9,13H,4-5,8,16H2,1H3. The van der Waals surface area contributed by atoms with E-state index in [1.165, 1.54) is 12.1 Å². The van der Waals surface area contributed by atoms with Crippen LogP contribution >= 0.6 is 0 Å². The monoisotopic (exact) mass is 223 g/mol. The van der Waals surface area contributed by atoms with Gasteiger partial charge in [-0.05, 0) is 37.5 Å². The molecule has 86 valence electrons. The van der Waals surface area contributed by atoms with Crippen LogP contribution in [0.25, 0.3) is 0 Å². The summed E-state index contributed by atoms with van der Waals surface area (Å²) in [5, 5.41) is 0. The van der Waals surface area contributed by atoms with Crippen LogP contribution in [0.4, 0.5) is 8.78 Å². The highest BCUT2D eigenvalue weighted by Crippen LogP contribution is 2.11. The van der Waals surface area contributed by atoms with Gasteiger partial charge in [0.15, 0.2) is 0 Å². The summed E-state index contributed by atoms with van der Waals surface area (Å²) in [6.07, 6.45) is 1.93. The molecule has 0 radical (unpaired) electrons. The third-order valence-electron chi connectivity index (χ3n) is 2.24. The van der Waals surface area contributed by atoms with E-state index in [-0.39, 0.29) is 6.04 Å². The first kappa shape index (κ1) is 12.7. The number of hydrogen-bond donors (Lipinski definition) is 1. The lowest BCUT2D eigenvalue weighted by Crippen LogP contribution is -2.22. The average molecular weight is 223 g/mol. The van der Waals surface area contributed by atoms with Gasteiger partial charge in [0.2, 0.25) is 0 Å². The Hall–Kier alpha value is -1.40. The number of benzene rings is 1. The predicted octanol–water partition coefficient (Wildman–Crippen LogP) is 2.64. The molecule has 1 rings (SSSR count). The van der Waals surface area contributed by atoms with Crippen molar-refractivity contribution in [2.24, 2.45) is 5.73 Å². The summed E-state index contributed by atoms with van der Waals surface area (Å²) in [6, 6.07) is 3.38. The highest BCUT2D eigenvalue weighted by Gasteiger charge is 2.06. The highest BCUT2D eigenvalue weighted by molar-refractivity contribution is 5.18. The molecule has 1 aromatic rings. The fourth-order valence-electron chi connectivity index (χ4n) is 1.52. The Bertz CT molecular complexity index is 384. The van der Waals surface area contributed by atoms with Crippen molar-refractivity contribution in [2.75, 3.05) is 0 Å². The van der Waals surface area contributed by atoms with Crippen molar-refractivity contribution in [3.63, 3.8) is 0 Å². The molecule has 0 aliphatic heterocycles. The molecule has 0 saturated heterocycles. The molecule has 0 spiro atoms. The van der Waals surface area contributed by atoms with Crippen LogP contribution in [0.1, 0.15) is 25.3 Å². The van der Waals surface area contributed by atoms with Gasteiger partial charge in [-0.3, -0.25) is 0 Å². The zero-order valence-electron chi connectivity index (χ0n) is 9.26. The zero-order valence-corrected chi connectivity index (χ0v) is 9.26. The SMILES string of the molecule is CC#CCCC(N)Cc1cc(F)cc(F)c1. The second-order valence-electron chi connectivity index (χ2n) is 3.71. The molecule has 16 heavy (non-hydrogen) atoms. The Balaban J connectivity index is 2.54. The Labute approximate surface area is 94.7 Å². The molecule has 3 heteroatoms. The van der Waals surface area contributed by atoms with Crippen molar-refractivity contribution < 1.29 is 8.78 Å². The molecule has 0 saturated carbocycles. The lowest BCUT2D eigenvalue weighted by atomic mass is 10.0. The maximum Gasteiger partial charge on any atom is 0.126 e. The van der Waals surface area contributed by atoms with Gasteiger partial charge in [-0.2, -0.15) is 0 Å². The summed E-state index contributed by atoms with van der Waals surface area (Å²) in [5.74, 6) is 4.57. The maximum absolute atomic E-state index is 12.9. The lowest BCUT2D eigenvalue weighted by Gasteiger charge is -2.09. The molecule has 2 N–H and O–H groups in total. The van der Waals surface area contributed by atoms with E-state index in [1.807, 2.05) is 0 Å². The Kier molecular flexibility index (Phi) is 4.94. The molecule has 1 atom stereocenters. The Morgan fingerprint density at radius 2 is 1.88 bits per heavy atom. The molecule has 0 aromatic heterocycles. The van der Waals surface area contributed by atoms with Gasteiger partial charge < -0.3 is 5.73 Å². The first-order valence-electron chi connectivity index (χ1n) is 5.22. The number of nitrogens with two attached hydrogens (primary N) is 1. The van der Waals surface area contributed by atoms with Gasteiger partial charge in [0.25, 0.3) is 0 Å². The molecule has 1 unspecified atom stereocenters. The highest BCUT2D eigenvalue weighted by atomic mass is 19.1. The van der Waals surface area contributed by atoms with E-state index in [0.717, 1.165) is 18.9 Å². The molecule has 0 heterocycles. The second kappa shape index (κ2) is 6.24. The van der Waals surface area contributed by atoms with Crippen LogP contribution in [0.3, 0.4) is 0 Å². The van der Waals surface area contributed by atoms with Crippen molar-refractivity contribution in [3.05, 3.63) is 35.4 Å². The number of hydrogen-bond acceptors (Lipinski definition) is 1. The summed E-state index contributed by atoms with van der Waals surface area (Å²) < 4.78 is 25.8. The number of halogens is 2. The second-order valence-corrected chi connectivity index (χ2v) is 3.71. The van der Waals surface area contributed by atoms with Crippen molar-refractivity contribution in [3.8, 4) is 11.8 Å². The third kappa shape index (κ3) is 4.41. The smallest absolute Gasteiger partial charge is 0.126 e. The van der Waals surface area contributed by atoms with Crippen LogP contribution in [-0.2, 0) is 6.42 Å². The average Bonchev–Trinajstić information content (AvgIpc) is 2.16. The van der Waals surface area contributed by atoms with Crippen LogP contribution in [0.15, 0.2) is 18.2 Å². The largest absolute Gasteiger partial charge is 0.327 e. The summed E-state index contributed by atoms with van der Waals surface area (Å²) in [4.78, 5) is 0. The van der Waals surface area contributed by atoms with Crippen LogP contribution in [-0.4, -0.2) is 6.04 Å². The summed E-state index contributed by atoms with van der Waals surface area (Å²) in [7, 11) is 0. The molecular weight excluding hydrogens is 208 g/mol. The summed E-state index contributed by atoms with van der Waals surface area (Å²) in [6.45, 7) is 1.77. The van der Waals surface area contributed by atoms with Gasteiger partial charge >= 0.3 is 0 Å². The molecule has 0 amide bonds. The molecule has 0 bridgehead atoms. The van der Waals surface area contributed by atoms with Crippen LogP contribution in [0.5, 0.6) is 0 Å². The van der Waals surface area contributed by atoms with Gasteiger partial charge in [-0.1, -0.05) is 0 Å². The normalized spacial score (nSPS) is 11.8. The van der Waals surface area contributed by atoms with E-state index in [9.17, 15) is 8.78 Å². The molecule has 0 fully saturated rings. The van der Waals surface area contributed by atoms with E-state index in [2.05, 4.69) is 11.8 Å². The predicted molar refractivity (Wildman–Crippen MR) is 60.7 cm³/mol. The quantitative estimate of drug-likeness (QED) is 0.780. The summed E-state index contributed by atoms with van der Waals surface area (Å²) >= 11 is 0. The Morgan fingerprint density at radius 3 is 2.44 bits per heavy atom. The third-order valence-corrected chi connectivity index (χ3v) is 2.24. The molecule has 1 aromatic carbocycles. The number of rotatable bonds is 4. The van der Waals surface area contributed by atoms with Gasteiger partial charge in [0.1, 0.15) is 11.6 Å². The first-order chi connectivity index (χ1) is 7.61. The van der Waals surface area contributed by atoms with Gasteiger partial charge in [0, 0.05) is 18.5 Å². The van der Waals surface area contributed by atoms with Crippen LogP contribution in [0.2, 0.25) is 0 Å². The maximum atomic E-state index is 12.9. The lowest BCUT2D eigenvalue weighted by molar-refractivity contribution is 0.570. The fraction of sp³-hybridized carbons (Fsp3) is 0.385. The minimum atomic E-state index is -0.560. The van der Waals surface area contributed by atoms with E-state index in [1.54, 1.807) is 6.92 Å². The Morgan fingerprint density at radius 1 is 1.25 bits per heavy atom. The van der Waals surface area contributed by atoms with E-state index in [0.29, 0.717) is 12.0 Å². The van der Waals surface area contributed by atoms with E-state index in [4.69, 9.17) is 5.73 Å². The molecular formula is C13H15F2N. The van der Waals surface area contributed by atoms with Crippen LogP contribution in [0, 0.1) is 23.5 Å². The van der Waals surface area contributed by atoms with Crippen molar-refractivity contribution in [1.82, 2.24) is 0 Å². The van der Waals surface area contributed by atoms with Crippen LogP contribution < -0.4 is 5.73 Å². The van der Waals surface area contributed by atoms with Gasteiger partial charge in [-0.15, -0.1) is 11.8 Å². The minimum absolute atomic E-state index is 0.109. The van der Waals surface area contributed by atoms with Gasteiger partial charge in [-0.25, -0.2) is 8.78 Å². The molecule has 0 aliphatic rings. The van der Waals surface area contributed by atoms with Crippen molar-refractivity contribution >= 4 is 0 Å². The molecule has 1 nitrogen and oxygen atoms in total. The zero-order chi connectivity index (χ0) is 12.0. The van der Waals surface area contributed by atoms with Crippen molar-refractivity contribution in [1.29, 1.82) is 0 Å². The van der Waals surface area contributed by atoms with Crippen molar-refractivity contribution in [2.45, 2.75) is 32.2 Å². The van der Waals surface area contributed by atoms with E-state index < -0.39 is 11.6 Å².